The van der Waals surface area contributed by atoms with Gasteiger partial charge < -0.3 is 14.5 Å². The van der Waals surface area contributed by atoms with Crippen molar-refractivity contribution >= 4 is 11.8 Å². The standard InChI is InChI=1S/C21H29N5O3/c1-4-24(5-2)21(28)19-15-26(23-22-19)14-16-7-6-12-25(13-16)20(27)17-8-10-18(29-3)11-9-17/h8-11,15-16H,4-7,12-14H2,1-3H3/t16-/m0/s1. The van der Waals surface area contributed by atoms with E-state index in [0.717, 1.165) is 25.1 Å². The number of amides is 2. The number of nitrogens with zero attached hydrogens (tertiary/aromatic N) is 5. The quantitative estimate of drug-likeness (QED) is 0.714. The largest absolute Gasteiger partial charge is 0.497 e. The van der Waals surface area contributed by atoms with Gasteiger partial charge in [-0.1, -0.05) is 5.21 Å². The van der Waals surface area contributed by atoms with E-state index < -0.39 is 0 Å². The fourth-order valence-corrected chi connectivity index (χ4v) is 3.74. The lowest BCUT2D eigenvalue weighted by molar-refractivity contribution is 0.0659. The normalized spacial score (nSPS) is 16.5. The number of benzene rings is 1. The monoisotopic (exact) mass is 399 g/mol. The van der Waals surface area contributed by atoms with Crippen LogP contribution in [0.15, 0.2) is 30.5 Å². The van der Waals surface area contributed by atoms with E-state index in [2.05, 4.69) is 10.3 Å². The van der Waals surface area contributed by atoms with Gasteiger partial charge in [-0.25, -0.2) is 0 Å². The van der Waals surface area contributed by atoms with Crippen molar-refractivity contribution in [3.63, 3.8) is 0 Å². The summed E-state index contributed by atoms with van der Waals surface area (Å²) in [5, 5.41) is 8.18. The number of carbonyl (C=O) groups excluding carboxylic acids is 2. The van der Waals surface area contributed by atoms with Crippen LogP contribution in [0, 0.1) is 5.92 Å². The highest BCUT2D eigenvalue weighted by Crippen LogP contribution is 2.21. The molecule has 8 nitrogen and oxygen atoms in total. The summed E-state index contributed by atoms with van der Waals surface area (Å²) in [5.74, 6) is 0.956. The van der Waals surface area contributed by atoms with Gasteiger partial charge in [0.25, 0.3) is 11.8 Å². The number of likely N-dealkylation sites (tertiary alicyclic amines) is 1. The summed E-state index contributed by atoms with van der Waals surface area (Å²) >= 11 is 0. The molecule has 0 N–H and O–H groups in total. The molecule has 0 saturated carbocycles. The van der Waals surface area contributed by atoms with Crippen LogP contribution in [0.3, 0.4) is 0 Å². The van der Waals surface area contributed by atoms with Crippen LogP contribution >= 0.6 is 0 Å². The molecule has 0 unspecified atom stereocenters. The van der Waals surface area contributed by atoms with Crippen molar-refractivity contribution in [1.82, 2.24) is 24.8 Å². The summed E-state index contributed by atoms with van der Waals surface area (Å²) in [6, 6.07) is 7.21. The summed E-state index contributed by atoms with van der Waals surface area (Å²) in [7, 11) is 1.61. The Morgan fingerprint density at radius 1 is 1.21 bits per heavy atom. The number of piperidine rings is 1. The molecule has 3 rings (SSSR count). The molecule has 29 heavy (non-hydrogen) atoms. The molecule has 1 atom stereocenters. The molecule has 0 aliphatic carbocycles. The number of hydrogen-bond acceptors (Lipinski definition) is 5. The molecular weight excluding hydrogens is 370 g/mol. The van der Waals surface area contributed by atoms with Crippen LogP contribution in [-0.2, 0) is 6.54 Å². The minimum atomic E-state index is -0.0961. The molecule has 0 bridgehead atoms. The molecule has 1 aromatic heterocycles. The van der Waals surface area contributed by atoms with E-state index in [1.807, 2.05) is 18.7 Å². The first-order valence-corrected chi connectivity index (χ1v) is 10.2. The van der Waals surface area contributed by atoms with Crippen molar-refractivity contribution in [2.24, 2.45) is 5.92 Å². The lowest BCUT2D eigenvalue weighted by atomic mass is 9.97. The Balaban J connectivity index is 1.61. The highest BCUT2D eigenvalue weighted by Gasteiger charge is 2.25. The summed E-state index contributed by atoms with van der Waals surface area (Å²) in [4.78, 5) is 28.9. The molecule has 0 radical (unpaired) electrons. The third-order valence-electron chi connectivity index (χ3n) is 5.40. The Bertz CT molecular complexity index is 829. The van der Waals surface area contributed by atoms with Gasteiger partial charge in [0, 0.05) is 38.3 Å². The van der Waals surface area contributed by atoms with Gasteiger partial charge in [0.2, 0.25) is 0 Å². The number of rotatable bonds is 7. The Morgan fingerprint density at radius 3 is 2.59 bits per heavy atom. The first-order chi connectivity index (χ1) is 14.0. The number of ether oxygens (including phenoxy) is 1. The van der Waals surface area contributed by atoms with Crippen LogP contribution in [0.25, 0.3) is 0 Å². The second-order valence-corrected chi connectivity index (χ2v) is 7.29. The second kappa shape index (κ2) is 9.54. The van der Waals surface area contributed by atoms with Crippen molar-refractivity contribution in [3.8, 4) is 5.75 Å². The van der Waals surface area contributed by atoms with Crippen molar-refractivity contribution in [1.29, 1.82) is 0 Å². The van der Waals surface area contributed by atoms with Gasteiger partial charge in [-0.05, 0) is 56.9 Å². The van der Waals surface area contributed by atoms with Gasteiger partial charge >= 0.3 is 0 Å². The number of hydrogen-bond donors (Lipinski definition) is 0. The molecule has 2 aromatic rings. The third kappa shape index (κ3) is 4.93. The van der Waals surface area contributed by atoms with Gasteiger partial charge in [-0.3, -0.25) is 14.3 Å². The predicted octanol–water partition coefficient (Wildman–Crippen LogP) is 2.32. The molecular formula is C21H29N5O3. The molecule has 2 amide bonds. The Kier molecular flexibility index (Phi) is 6.85. The van der Waals surface area contributed by atoms with Gasteiger partial charge in [-0.15, -0.1) is 5.10 Å². The van der Waals surface area contributed by atoms with Crippen LogP contribution in [0.5, 0.6) is 5.75 Å². The van der Waals surface area contributed by atoms with E-state index in [9.17, 15) is 9.59 Å². The lowest BCUT2D eigenvalue weighted by Crippen LogP contribution is -2.41. The molecule has 1 aromatic carbocycles. The van der Waals surface area contributed by atoms with E-state index in [-0.39, 0.29) is 17.7 Å². The van der Waals surface area contributed by atoms with Gasteiger partial charge in [0.1, 0.15) is 5.75 Å². The van der Waals surface area contributed by atoms with E-state index in [1.165, 1.54) is 0 Å². The molecule has 0 spiro atoms. The maximum atomic E-state index is 12.8. The molecule has 1 saturated heterocycles. The van der Waals surface area contributed by atoms with Crippen molar-refractivity contribution in [3.05, 3.63) is 41.7 Å². The van der Waals surface area contributed by atoms with Crippen molar-refractivity contribution in [2.75, 3.05) is 33.3 Å². The zero-order valence-electron chi connectivity index (χ0n) is 17.4. The zero-order chi connectivity index (χ0) is 20.8. The fourth-order valence-electron chi connectivity index (χ4n) is 3.74. The maximum Gasteiger partial charge on any atom is 0.276 e. The molecule has 156 valence electrons. The molecule has 1 fully saturated rings. The summed E-state index contributed by atoms with van der Waals surface area (Å²) in [6.45, 7) is 7.25. The molecule has 1 aliphatic heterocycles. The van der Waals surface area contributed by atoms with Gasteiger partial charge in [-0.2, -0.15) is 0 Å². The van der Waals surface area contributed by atoms with E-state index in [1.54, 1.807) is 47.2 Å². The SMILES string of the molecule is CCN(CC)C(=O)c1cn(C[C@H]2CCCN(C(=O)c3ccc(OC)cc3)C2)nn1. The first-order valence-electron chi connectivity index (χ1n) is 10.2. The predicted molar refractivity (Wildman–Crippen MR) is 109 cm³/mol. The van der Waals surface area contributed by atoms with Crippen molar-refractivity contribution in [2.45, 2.75) is 33.2 Å². The van der Waals surface area contributed by atoms with Gasteiger partial charge in [0.05, 0.1) is 13.3 Å². The third-order valence-corrected chi connectivity index (χ3v) is 5.40. The summed E-state index contributed by atoms with van der Waals surface area (Å²) < 4.78 is 6.88. The highest BCUT2D eigenvalue weighted by molar-refractivity contribution is 5.94. The van der Waals surface area contributed by atoms with Crippen LogP contribution in [0.4, 0.5) is 0 Å². The van der Waals surface area contributed by atoms with E-state index >= 15 is 0 Å². The van der Waals surface area contributed by atoms with E-state index in [4.69, 9.17) is 4.74 Å². The minimum absolute atomic E-state index is 0.0355. The smallest absolute Gasteiger partial charge is 0.276 e. The number of carbonyl (C=O) groups is 2. The van der Waals surface area contributed by atoms with Crippen LogP contribution < -0.4 is 4.74 Å². The maximum absolute atomic E-state index is 12.8. The Morgan fingerprint density at radius 2 is 1.93 bits per heavy atom. The summed E-state index contributed by atoms with van der Waals surface area (Å²) in [5.41, 5.74) is 1.04. The number of methoxy groups -OCH3 is 1. The number of aromatic nitrogens is 3. The summed E-state index contributed by atoms with van der Waals surface area (Å²) in [6.07, 6.45) is 3.68. The van der Waals surface area contributed by atoms with Crippen LogP contribution in [-0.4, -0.2) is 69.9 Å². The average molecular weight is 399 g/mol. The average Bonchev–Trinajstić information content (AvgIpc) is 3.22. The Hall–Kier alpha value is -2.90. The Labute approximate surface area is 171 Å². The van der Waals surface area contributed by atoms with Gasteiger partial charge in [0.15, 0.2) is 5.69 Å². The first kappa shape index (κ1) is 20.8. The molecule has 1 aliphatic rings. The lowest BCUT2D eigenvalue weighted by Gasteiger charge is -2.32. The topological polar surface area (TPSA) is 80.6 Å². The van der Waals surface area contributed by atoms with Crippen molar-refractivity contribution < 1.29 is 14.3 Å². The zero-order valence-corrected chi connectivity index (χ0v) is 17.4. The molecule has 2 heterocycles. The fraction of sp³-hybridized carbons (Fsp3) is 0.524. The van der Waals surface area contributed by atoms with Crippen LogP contribution in [0.2, 0.25) is 0 Å². The highest BCUT2D eigenvalue weighted by atomic mass is 16.5. The van der Waals surface area contributed by atoms with Crippen LogP contribution in [0.1, 0.15) is 47.5 Å². The molecule has 8 heteroatoms. The second-order valence-electron chi connectivity index (χ2n) is 7.29. The van der Waals surface area contributed by atoms with E-state index in [0.29, 0.717) is 37.4 Å². The minimum Gasteiger partial charge on any atom is -0.497 e.